The van der Waals surface area contributed by atoms with E-state index in [9.17, 15) is 13.2 Å². The number of carbonyl (C=O) groups is 1. The van der Waals surface area contributed by atoms with Gasteiger partial charge >= 0.3 is 0 Å². The zero-order valence-corrected chi connectivity index (χ0v) is 19.7. The zero-order chi connectivity index (χ0) is 22.9. The monoisotopic (exact) mass is 465 g/mol. The Hall–Kier alpha value is -3.10. The molecule has 0 unspecified atom stereocenters. The molecule has 6 nitrogen and oxygen atoms in total. The lowest BCUT2D eigenvalue weighted by Crippen LogP contribution is -2.30. The fraction of sp³-hybridized carbons (Fsp3) is 0.208. The molecule has 2 aromatic heterocycles. The highest BCUT2D eigenvalue weighted by atomic mass is 32.2. The smallest absolute Gasteiger partial charge is 0.260 e. The number of anilines is 1. The summed E-state index contributed by atoms with van der Waals surface area (Å²) in [5, 5.41) is 0.0380. The maximum absolute atomic E-state index is 13.5. The van der Waals surface area contributed by atoms with Gasteiger partial charge in [-0.15, -0.1) is 0 Å². The molecule has 2 heterocycles. The van der Waals surface area contributed by atoms with Gasteiger partial charge in [-0.3, -0.25) is 14.7 Å². The Morgan fingerprint density at radius 3 is 2.47 bits per heavy atom. The Labute approximate surface area is 191 Å². The van der Waals surface area contributed by atoms with Gasteiger partial charge in [0, 0.05) is 11.8 Å². The number of rotatable bonds is 6. The van der Waals surface area contributed by atoms with Crippen LogP contribution in [0.3, 0.4) is 0 Å². The van der Waals surface area contributed by atoms with Gasteiger partial charge in [-0.05, 0) is 74.9 Å². The number of hydrogen-bond donors (Lipinski definition) is 0. The van der Waals surface area contributed by atoms with E-state index in [1.54, 1.807) is 37.1 Å². The van der Waals surface area contributed by atoms with Crippen LogP contribution in [0.15, 0.2) is 71.8 Å². The molecule has 0 saturated carbocycles. The normalized spacial score (nSPS) is 11.8. The molecule has 32 heavy (non-hydrogen) atoms. The highest BCUT2D eigenvalue weighted by Gasteiger charge is 2.24. The average Bonchev–Trinajstić information content (AvgIpc) is 3.20. The number of aromatic nitrogens is 2. The van der Waals surface area contributed by atoms with Crippen LogP contribution in [-0.4, -0.2) is 29.5 Å². The predicted octanol–water partition coefficient (Wildman–Crippen LogP) is 5.03. The van der Waals surface area contributed by atoms with Gasteiger partial charge in [-0.1, -0.05) is 23.5 Å². The lowest BCUT2D eigenvalue weighted by Gasteiger charge is -2.20. The number of amides is 1. The minimum Gasteiger partial charge on any atom is -0.278 e. The number of hydrogen-bond acceptors (Lipinski definition) is 6. The number of sulfone groups is 1. The van der Waals surface area contributed by atoms with Gasteiger partial charge < -0.3 is 0 Å². The number of carbonyl (C=O) groups excluding carboxylic acids is 1. The van der Waals surface area contributed by atoms with Crippen molar-refractivity contribution >= 4 is 42.4 Å². The van der Waals surface area contributed by atoms with E-state index in [1.165, 1.54) is 23.5 Å². The van der Waals surface area contributed by atoms with Crippen molar-refractivity contribution < 1.29 is 13.2 Å². The van der Waals surface area contributed by atoms with Crippen LogP contribution in [0.25, 0.3) is 10.2 Å². The fourth-order valence-electron chi connectivity index (χ4n) is 3.23. The maximum atomic E-state index is 13.5. The first-order chi connectivity index (χ1) is 15.3. The second kappa shape index (κ2) is 8.80. The van der Waals surface area contributed by atoms with E-state index in [4.69, 9.17) is 0 Å². The molecule has 8 heteroatoms. The first-order valence-electron chi connectivity index (χ1n) is 10.2. The Morgan fingerprint density at radius 1 is 1.06 bits per heavy atom. The van der Waals surface area contributed by atoms with Crippen molar-refractivity contribution in [1.29, 1.82) is 0 Å². The maximum Gasteiger partial charge on any atom is 0.260 e. The van der Waals surface area contributed by atoms with E-state index in [0.29, 0.717) is 10.7 Å². The van der Waals surface area contributed by atoms with E-state index in [-0.39, 0.29) is 17.3 Å². The molecule has 0 aliphatic carbocycles. The molecule has 0 bridgehead atoms. The van der Waals surface area contributed by atoms with Crippen LogP contribution in [0.2, 0.25) is 0 Å². The van der Waals surface area contributed by atoms with Crippen LogP contribution in [0.5, 0.6) is 0 Å². The number of pyridine rings is 1. The van der Waals surface area contributed by atoms with E-state index < -0.39 is 15.1 Å². The van der Waals surface area contributed by atoms with E-state index in [0.717, 1.165) is 21.5 Å². The van der Waals surface area contributed by atoms with Gasteiger partial charge in [0.15, 0.2) is 15.0 Å². The van der Waals surface area contributed by atoms with Gasteiger partial charge in [0.2, 0.25) is 0 Å². The largest absolute Gasteiger partial charge is 0.278 e. The molecule has 4 aromatic rings. The molecule has 0 aliphatic rings. The zero-order valence-electron chi connectivity index (χ0n) is 18.0. The third kappa shape index (κ3) is 4.42. The first kappa shape index (κ1) is 22.1. The minimum atomic E-state index is -3.41. The van der Waals surface area contributed by atoms with Crippen LogP contribution in [0, 0.1) is 6.92 Å². The van der Waals surface area contributed by atoms with Crippen molar-refractivity contribution in [3.8, 4) is 0 Å². The highest BCUT2D eigenvalue weighted by Crippen LogP contribution is 2.31. The lowest BCUT2D eigenvalue weighted by atomic mass is 10.2. The lowest BCUT2D eigenvalue weighted by molar-refractivity contribution is 0.0984. The van der Waals surface area contributed by atoms with Gasteiger partial charge in [0.1, 0.15) is 0 Å². The van der Waals surface area contributed by atoms with Crippen molar-refractivity contribution in [2.45, 2.75) is 37.5 Å². The Kier molecular flexibility index (Phi) is 6.08. The number of aryl methyl sites for hydroxylation is 1. The van der Waals surface area contributed by atoms with Crippen molar-refractivity contribution in [3.05, 3.63) is 83.7 Å². The van der Waals surface area contributed by atoms with Gasteiger partial charge in [-0.25, -0.2) is 13.4 Å². The third-order valence-electron chi connectivity index (χ3n) is 5.11. The number of thiazole rings is 1. The van der Waals surface area contributed by atoms with Crippen molar-refractivity contribution in [2.75, 3.05) is 4.90 Å². The van der Waals surface area contributed by atoms with Gasteiger partial charge in [0.05, 0.1) is 32.6 Å². The Morgan fingerprint density at radius 2 is 1.81 bits per heavy atom. The van der Waals surface area contributed by atoms with Crippen LogP contribution >= 0.6 is 11.3 Å². The first-order valence-corrected chi connectivity index (χ1v) is 12.5. The van der Waals surface area contributed by atoms with E-state index >= 15 is 0 Å². The van der Waals surface area contributed by atoms with Crippen molar-refractivity contribution in [2.24, 2.45) is 0 Å². The standard InChI is InChI=1S/C24H23N3O3S2/c1-16(2)32(29,30)20-10-8-18(9-11-20)23(28)27(15-19-6-4-5-13-25-19)24-26-21-12-7-17(3)14-22(21)31-24/h4-14,16H,15H2,1-3H3. The second-order valence-electron chi connectivity index (χ2n) is 7.80. The molecular formula is C24H23N3O3S2. The summed E-state index contributed by atoms with van der Waals surface area (Å²) in [5.74, 6) is -0.264. The van der Waals surface area contributed by atoms with Crippen LogP contribution in [0.1, 0.15) is 35.5 Å². The predicted molar refractivity (Wildman–Crippen MR) is 128 cm³/mol. The summed E-state index contributed by atoms with van der Waals surface area (Å²) in [5.41, 5.74) is 3.07. The van der Waals surface area contributed by atoms with Gasteiger partial charge in [-0.2, -0.15) is 0 Å². The molecule has 0 N–H and O–H groups in total. The molecule has 0 aliphatic heterocycles. The summed E-state index contributed by atoms with van der Waals surface area (Å²) >= 11 is 1.44. The summed E-state index contributed by atoms with van der Waals surface area (Å²) in [6, 6.07) is 17.6. The molecule has 0 radical (unpaired) electrons. The SMILES string of the molecule is Cc1ccc2nc(N(Cc3ccccn3)C(=O)c3ccc(S(=O)(=O)C(C)C)cc3)sc2c1. The Bertz CT molecular complexity index is 1360. The topological polar surface area (TPSA) is 80.2 Å². The summed E-state index contributed by atoms with van der Waals surface area (Å²) in [7, 11) is -3.41. The highest BCUT2D eigenvalue weighted by molar-refractivity contribution is 7.92. The quantitative estimate of drug-likeness (QED) is 0.399. The van der Waals surface area contributed by atoms with E-state index in [1.807, 2.05) is 43.3 Å². The summed E-state index contributed by atoms with van der Waals surface area (Å²) < 4.78 is 25.8. The minimum absolute atomic E-state index is 0.204. The van der Waals surface area contributed by atoms with Crippen LogP contribution in [0.4, 0.5) is 5.13 Å². The molecule has 0 fully saturated rings. The summed E-state index contributed by atoms with van der Waals surface area (Å²) in [6.45, 7) is 5.54. The number of benzene rings is 2. The molecule has 2 aromatic carbocycles. The molecule has 164 valence electrons. The third-order valence-corrected chi connectivity index (χ3v) is 8.32. The van der Waals surface area contributed by atoms with Crippen LogP contribution < -0.4 is 4.90 Å². The number of nitrogens with zero attached hydrogens (tertiary/aromatic N) is 3. The second-order valence-corrected chi connectivity index (χ2v) is 11.3. The van der Waals surface area contributed by atoms with Crippen molar-refractivity contribution in [3.63, 3.8) is 0 Å². The summed E-state index contributed by atoms with van der Waals surface area (Å²) in [6.07, 6.45) is 1.69. The molecule has 0 atom stereocenters. The molecular weight excluding hydrogens is 442 g/mol. The van der Waals surface area contributed by atoms with Crippen LogP contribution in [-0.2, 0) is 16.4 Å². The number of fused-ring (bicyclic) bond motifs is 1. The van der Waals surface area contributed by atoms with Crippen molar-refractivity contribution in [1.82, 2.24) is 9.97 Å². The molecule has 1 amide bonds. The molecule has 0 saturated heterocycles. The summed E-state index contributed by atoms with van der Waals surface area (Å²) in [4.78, 5) is 24.3. The Balaban J connectivity index is 1.73. The van der Waals surface area contributed by atoms with Gasteiger partial charge in [0.25, 0.3) is 5.91 Å². The molecule has 4 rings (SSSR count). The van der Waals surface area contributed by atoms with E-state index in [2.05, 4.69) is 9.97 Å². The molecule has 0 spiro atoms. The average molecular weight is 466 g/mol. The fourth-order valence-corrected chi connectivity index (χ4v) is 5.35.